The number of rotatable bonds is 4. The highest BCUT2D eigenvalue weighted by Crippen LogP contribution is 2.38. The van der Waals surface area contributed by atoms with E-state index in [-0.39, 0.29) is 23.4 Å². The summed E-state index contributed by atoms with van der Waals surface area (Å²) >= 11 is 0. The number of ether oxygens (including phenoxy) is 1. The first kappa shape index (κ1) is 16.5. The lowest BCUT2D eigenvalue weighted by molar-refractivity contribution is -0.145. The third kappa shape index (κ3) is 3.28. The number of nitrogens with zero attached hydrogens (tertiary/aromatic N) is 1. The van der Waals surface area contributed by atoms with Gasteiger partial charge in [0.05, 0.1) is 17.4 Å². The Morgan fingerprint density at radius 2 is 1.84 bits per heavy atom. The summed E-state index contributed by atoms with van der Waals surface area (Å²) in [4.78, 5) is 14.6. The minimum atomic E-state index is -2.87. The number of hydrogen-bond donors (Lipinski definition) is 0. The van der Waals surface area contributed by atoms with Crippen LogP contribution in [0.5, 0.6) is 0 Å². The second-order valence-corrected chi connectivity index (χ2v) is 9.08. The Labute approximate surface area is 147 Å². The second kappa shape index (κ2) is 6.42. The van der Waals surface area contributed by atoms with Crippen LogP contribution in [0, 0.1) is 0 Å². The molecule has 1 fully saturated rings. The molecule has 4 rings (SSSR count). The summed E-state index contributed by atoms with van der Waals surface area (Å²) in [5.74, 6) is -0.0296. The predicted molar refractivity (Wildman–Crippen MR) is 96.4 cm³/mol. The zero-order chi connectivity index (χ0) is 17.4. The molecule has 1 heterocycles. The van der Waals surface area contributed by atoms with Crippen LogP contribution in [-0.2, 0) is 25.8 Å². The average molecular weight is 359 g/mol. The highest BCUT2D eigenvalue weighted by atomic mass is 32.2. The summed E-state index contributed by atoms with van der Waals surface area (Å²) in [6, 6.07) is 12.2. The minimum Gasteiger partial charge on any atom is -0.464 e. The Morgan fingerprint density at radius 1 is 1.12 bits per heavy atom. The normalized spacial score (nSPS) is 22.2. The lowest BCUT2D eigenvalue weighted by Crippen LogP contribution is -2.42. The number of esters is 1. The fourth-order valence-electron chi connectivity index (χ4n) is 3.80. The lowest BCUT2D eigenvalue weighted by Gasteiger charge is -2.26. The number of benzene rings is 2. The van der Waals surface area contributed by atoms with E-state index in [1.807, 2.05) is 23.1 Å². The van der Waals surface area contributed by atoms with E-state index >= 15 is 0 Å². The molecule has 0 spiro atoms. The molecule has 6 heteroatoms. The van der Waals surface area contributed by atoms with Crippen LogP contribution < -0.4 is 0 Å². The van der Waals surface area contributed by atoms with E-state index in [1.165, 1.54) is 16.3 Å². The Morgan fingerprint density at radius 3 is 2.60 bits per heavy atom. The molecule has 1 unspecified atom stereocenters. The molecule has 0 N–H and O–H groups in total. The van der Waals surface area contributed by atoms with Crippen molar-refractivity contribution in [2.45, 2.75) is 12.3 Å². The number of carbonyl (C=O) groups excluding carboxylic acids is 1. The van der Waals surface area contributed by atoms with E-state index in [4.69, 9.17) is 4.74 Å². The van der Waals surface area contributed by atoms with Crippen molar-refractivity contribution >= 4 is 26.6 Å². The first-order valence-electron chi connectivity index (χ1n) is 8.63. The fourth-order valence-corrected chi connectivity index (χ4v) is 5.08. The first-order valence-corrected chi connectivity index (χ1v) is 10.5. The second-order valence-electron chi connectivity index (χ2n) is 6.78. The lowest BCUT2D eigenvalue weighted by atomic mass is 10.0. The molecule has 0 amide bonds. The summed E-state index contributed by atoms with van der Waals surface area (Å²) < 4.78 is 28.4. The highest BCUT2D eigenvalue weighted by molar-refractivity contribution is 7.91. The SMILES string of the molecule is O=C(OCCN1CCS(=O)(=O)CC1)C1Cc2cccc3cccc1c23. The molecular weight excluding hydrogens is 338 g/mol. The van der Waals surface area contributed by atoms with Crippen LogP contribution in [0.25, 0.3) is 10.8 Å². The van der Waals surface area contributed by atoms with Crippen molar-refractivity contribution in [3.05, 3.63) is 47.5 Å². The van der Waals surface area contributed by atoms with E-state index in [1.54, 1.807) is 0 Å². The summed E-state index contributed by atoms with van der Waals surface area (Å²) in [5, 5.41) is 2.35. The molecule has 0 saturated carbocycles. The molecule has 2 aromatic rings. The molecule has 5 nitrogen and oxygen atoms in total. The minimum absolute atomic E-state index is 0.187. The van der Waals surface area contributed by atoms with E-state index in [0.29, 0.717) is 32.7 Å². The van der Waals surface area contributed by atoms with Gasteiger partial charge in [-0.05, 0) is 28.3 Å². The molecule has 2 aromatic carbocycles. The first-order chi connectivity index (χ1) is 12.0. The summed E-state index contributed by atoms with van der Waals surface area (Å²) in [6.07, 6.45) is 0.692. The maximum Gasteiger partial charge on any atom is 0.313 e. The average Bonchev–Trinajstić information content (AvgIpc) is 2.98. The van der Waals surface area contributed by atoms with Crippen molar-refractivity contribution in [3.8, 4) is 0 Å². The van der Waals surface area contributed by atoms with Gasteiger partial charge in [0.25, 0.3) is 0 Å². The van der Waals surface area contributed by atoms with Crippen molar-refractivity contribution in [1.29, 1.82) is 0 Å². The monoisotopic (exact) mass is 359 g/mol. The van der Waals surface area contributed by atoms with Crippen molar-refractivity contribution in [2.24, 2.45) is 0 Å². The van der Waals surface area contributed by atoms with Crippen LogP contribution in [0.3, 0.4) is 0 Å². The quantitative estimate of drug-likeness (QED) is 0.779. The Bertz CT molecular complexity index is 903. The smallest absolute Gasteiger partial charge is 0.313 e. The third-order valence-electron chi connectivity index (χ3n) is 5.20. The molecule has 25 heavy (non-hydrogen) atoms. The highest BCUT2D eigenvalue weighted by Gasteiger charge is 2.31. The fraction of sp³-hybridized carbons (Fsp3) is 0.421. The van der Waals surface area contributed by atoms with Gasteiger partial charge in [-0.15, -0.1) is 0 Å². The van der Waals surface area contributed by atoms with Crippen molar-refractivity contribution < 1.29 is 17.9 Å². The van der Waals surface area contributed by atoms with E-state index in [2.05, 4.69) is 18.2 Å². The molecule has 132 valence electrons. The zero-order valence-corrected chi connectivity index (χ0v) is 14.8. The van der Waals surface area contributed by atoms with Gasteiger partial charge in [0.1, 0.15) is 6.61 Å². The van der Waals surface area contributed by atoms with Crippen LogP contribution in [0.4, 0.5) is 0 Å². The van der Waals surface area contributed by atoms with Crippen LogP contribution >= 0.6 is 0 Å². The van der Waals surface area contributed by atoms with Gasteiger partial charge in [-0.2, -0.15) is 0 Å². The van der Waals surface area contributed by atoms with Gasteiger partial charge in [0, 0.05) is 19.6 Å². The van der Waals surface area contributed by atoms with E-state index in [9.17, 15) is 13.2 Å². The summed E-state index contributed by atoms with van der Waals surface area (Å²) in [7, 11) is -2.87. The molecule has 0 bridgehead atoms. The van der Waals surface area contributed by atoms with Gasteiger partial charge in [-0.1, -0.05) is 36.4 Å². The van der Waals surface area contributed by atoms with Crippen LogP contribution in [0.1, 0.15) is 17.0 Å². The Kier molecular flexibility index (Phi) is 4.25. The Balaban J connectivity index is 1.36. The summed E-state index contributed by atoms with van der Waals surface area (Å²) in [5.41, 5.74) is 2.26. The number of carbonyl (C=O) groups is 1. The maximum absolute atomic E-state index is 12.6. The maximum atomic E-state index is 12.6. The van der Waals surface area contributed by atoms with Gasteiger partial charge < -0.3 is 4.74 Å². The standard InChI is InChI=1S/C19H21NO4S/c21-19(24-10-7-20-8-11-25(22,23)12-9-20)17-13-15-5-1-3-14-4-2-6-16(17)18(14)15/h1-6,17H,7-13H2. The topological polar surface area (TPSA) is 63.7 Å². The van der Waals surface area contributed by atoms with E-state index < -0.39 is 9.84 Å². The molecule has 0 radical (unpaired) electrons. The van der Waals surface area contributed by atoms with Crippen molar-refractivity contribution in [3.63, 3.8) is 0 Å². The van der Waals surface area contributed by atoms with Gasteiger partial charge in [-0.3, -0.25) is 9.69 Å². The predicted octanol–water partition coefficient (Wildman–Crippen LogP) is 1.75. The zero-order valence-electron chi connectivity index (χ0n) is 14.0. The number of hydrogen-bond acceptors (Lipinski definition) is 5. The van der Waals surface area contributed by atoms with Crippen LogP contribution in [0.2, 0.25) is 0 Å². The van der Waals surface area contributed by atoms with Crippen molar-refractivity contribution in [1.82, 2.24) is 4.90 Å². The Hall–Kier alpha value is -1.92. The molecule has 1 aliphatic heterocycles. The third-order valence-corrected chi connectivity index (χ3v) is 6.81. The van der Waals surface area contributed by atoms with E-state index in [0.717, 1.165) is 5.56 Å². The molecular formula is C19H21NO4S. The largest absolute Gasteiger partial charge is 0.464 e. The molecule has 1 atom stereocenters. The molecule has 1 aliphatic carbocycles. The number of sulfone groups is 1. The molecule has 2 aliphatic rings. The van der Waals surface area contributed by atoms with Gasteiger partial charge in [0.15, 0.2) is 9.84 Å². The van der Waals surface area contributed by atoms with Crippen molar-refractivity contribution in [2.75, 3.05) is 37.7 Å². The van der Waals surface area contributed by atoms with Crippen LogP contribution in [-0.4, -0.2) is 57.0 Å². The van der Waals surface area contributed by atoms with Gasteiger partial charge >= 0.3 is 5.97 Å². The van der Waals surface area contributed by atoms with Gasteiger partial charge in [0.2, 0.25) is 0 Å². The molecule has 0 aromatic heterocycles. The molecule has 1 saturated heterocycles. The van der Waals surface area contributed by atoms with Crippen LogP contribution in [0.15, 0.2) is 36.4 Å². The summed E-state index contributed by atoms with van der Waals surface area (Å²) in [6.45, 7) is 1.94. The van der Waals surface area contributed by atoms with Gasteiger partial charge in [-0.25, -0.2) is 8.42 Å².